The van der Waals surface area contributed by atoms with Crippen molar-refractivity contribution in [3.8, 4) is 11.5 Å². The first-order chi connectivity index (χ1) is 8.16. The lowest BCUT2D eigenvalue weighted by molar-refractivity contribution is 0.832. The summed E-state index contributed by atoms with van der Waals surface area (Å²) in [5.74, 6) is 0.480. The second-order valence-corrected chi connectivity index (χ2v) is 4.19. The molecule has 0 aliphatic rings. The molecule has 0 aliphatic heterocycles. The van der Waals surface area contributed by atoms with E-state index in [1.807, 2.05) is 5.38 Å². The molecule has 3 aromatic rings. The third-order valence-electron chi connectivity index (χ3n) is 2.43. The first-order valence-electron chi connectivity index (χ1n) is 4.74. The average molecular weight is 249 g/mol. The molecular weight excluding hydrogens is 242 g/mol. The van der Waals surface area contributed by atoms with Crippen LogP contribution in [0.2, 0.25) is 0 Å². The maximum absolute atomic E-state index is 11.6. The summed E-state index contributed by atoms with van der Waals surface area (Å²) in [7, 11) is 1.55. The van der Waals surface area contributed by atoms with Gasteiger partial charge in [-0.2, -0.15) is 0 Å². The number of nitrogens with zero attached hydrogens (tertiary/aromatic N) is 3. The van der Waals surface area contributed by atoms with E-state index in [0.717, 1.165) is 0 Å². The molecule has 0 fully saturated rings. The Morgan fingerprint density at radius 1 is 1.35 bits per heavy atom. The standard InChI is InChI=1S/C9H7N5O2S/c1-14-7-5(8(15)13-9(14)16)11-6(12-7)4-2-17-3-10-4/h2-3H,1H3,(H,11,12)(H,13,15,16). The van der Waals surface area contributed by atoms with Gasteiger partial charge in [-0.1, -0.05) is 0 Å². The number of nitrogens with one attached hydrogen (secondary N) is 2. The van der Waals surface area contributed by atoms with E-state index in [9.17, 15) is 9.59 Å². The van der Waals surface area contributed by atoms with Crippen LogP contribution in [0.5, 0.6) is 0 Å². The molecule has 3 heterocycles. The number of hydrogen-bond donors (Lipinski definition) is 2. The maximum atomic E-state index is 11.6. The normalized spacial score (nSPS) is 11.1. The molecule has 3 aromatic heterocycles. The van der Waals surface area contributed by atoms with Crippen LogP contribution < -0.4 is 11.2 Å². The Morgan fingerprint density at radius 3 is 2.88 bits per heavy atom. The van der Waals surface area contributed by atoms with Crippen molar-refractivity contribution in [3.63, 3.8) is 0 Å². The Kier molecular flexibility index (Phi) is 1.99. The van der Waals surface area contributed by atoms with Crippen molar-refractivity contribution in [3.05, 3.63) is 31.7 Å². The first kappa shape index (κ1) is 9.97. The van der Waals surface area contributed by atoms with Crippen LogP contribution in [0.3, 0.4) is 0 Å². The summed E-state index contributed by atoms with van der Waals surface area (Å²) in [6.07, 6.45) is 0. The van der Waals surface area contributed by atoms with Gasteiger partial charge in [0.05, 0.1) is 5.51 Å². The lowest BCUT2D eigenvalue weighted by Gasteiger charge is -1.94. The van der Waals surface area contributed by atoms with Crippen LogP contribution in [-0.4, -0.2) is 24.5 Å². The third kappa shape index (κ3) is 1.41. The van der Waals surface area contributed by atoms with Gasteiger partial charge in [-0.3, -0.25) is 14.3 Å². The van der Waals surface area contributed by atoms with Crippen molar-refractivity contribution in [1.82, 2.24) is 24.5 Å². The molecule has 8 heteroatoms. The van der Waals surface area contributed by atoms with Crippen LogP contribution >= 0.6 is 11.3 Å². The van der Waals surface area contributed by atoms with Crippen LogP contribution in [0.1, 0.15) is 0 Å². The van der Waals surface area contributed by atoms with Crippen LogP contribution in [0.25, 0.3) is 22.7 Å². The fourth-order valence-electron chi connectivity index (χ4n) is 1.56. The van der Waals surface area contributed by atoms with Crippen LogP contribution in [0, 0.1) is 0 Å². The summed E-state index contributed by atoms with van der Waals surface area (Å²) in [5, 5.41) is 1.81. The molecule has 0 aromatic carbocycles. The van der Waals surface area contributed by atoms with E-state index in [4.69, 9.17) is 0 Å². The van der Waals surface area contributed by atoms with Gasteiger partial charge in [0.15, 0.2) is 11.5 Å². The van der Waals surface area contributed by atoms with Gasteiger partial charge in [-0.25, -0.2) is 14.8 Å². The van der Waals surface area contributed by atoms with Gasteiger partial charge >= 0.3 is 5.69 Å². The smallest absolute Gasteiger partial charge is 0.329 e. The van der Waals surface area contributed by atoms with Gasteiger partial charge in [0.1, 0.15) is 11.2 Å². The van der Waals surface area contributed by atoms with Crippen LogP contribution in [0.15, 0.2) is 20.5 Å². The number of imidazole rings is 1. The number of H-pyrrole nitrogens is 2. The summed E-state index contributed by atoms with van der Waals surface area (Å²) in [6.45, 7) is 0. The topological polar surface area (TPSA) is 96.4 Å². The van der Waals surface area contributed by atoms with Crippen LogP contribution in [-0.2, 0) is 7.05 Å². The Morgan fingerprint density at radius 2 is 2.18 bits per heavy atom. The van der Waals surface area contributed by atoms with E-state index < -0.39 is 11.2 Å². The molecule has 86 valence electrons. The number of rotatable bonds is 1. The predicted octanol–water partition coefficient (Wildman–Crippen LogP) is 0.0734. The predicted molar refractivity (Wildman–Crippen MR) is 63.1 cm³/mol. The van der Waals surface area contributed by atoms with Gasteiger partial charge in [-0.15, -0.1) is 11.3 Å². The highest BCUT2D eigenvalue weighted by molar-refractivity contribution is 7.07. The zero-order valence-electron chi connectivity index (χ0n) is 8.72. The summed E-state index contributed by atoms with van der Waals surface area (Å²) >= 11 is 1.43. The molecule has 0 unspecified atom stereocenters. The van der Waals surface area contributed by atoms with Crippen molar-refractivity contribution in [1.29, 1.82) is 0 Å². The SMILES string of the molecule is Cn1c(=O)[nH]c(=O)c2[nH]c(-c3cscn3)nc21. The molecule has 2 N–H and O–H groups in total. The summed E-state index contributed by atoms with van der Waals surface area (Å²) in [6, 6.07) is 0. The summed E-state index contributed by atoms with van der Waals surface area (Å²) in [5.41, 5.74) is 1.96. The Hall–Kier alpha value is -2.22. The van der Waals surface area contributed by atoms with Crippen molar-refractivity contribution in [2.75, 3.05) is 0 Å². The van der Waals surface area contributed by atoms with Gasteiger partial charge in [0, 0.05) is 12.4 Å². The zero-order valence-corrected chi connectivity index (χ0v) is 9.54. The lowest BCUT2D eigenvalue weighted by atomic mass is 10.5. The van der Waals surface area contributed by atoms with Gasteiger partial charge in [0.25, 0.3) is 5.56 Å². The van der Waals surface area contributed by atoms with E-state index in [-0.39, 0.29) is 5.52 Å². The molecule has 0 bridgehead atoms. The Bertz CT molecular complexity index is 795. The van der Waals surface area contributed by atoms with Crippen LogP contribution in [0.4, 0.5) is 0 Å². The van der Waals surface area contributed by atoms with E-state index in [0.29, 0.717) is 17.2 Å². The molecule has 3 rings (SSSR count). The quantitative estimate of drug-likeness (QED) is 0.638. The van der Waals surface area contributed by atoms with Gasteiger partial charge in [0.2, 0.25) is 0 Å². The number of fused-ring (bicyclic) bond motifs is 1. The Balaban J connectivity index is 2.41. The number of aromatic amines is 2. The number of aromatic nitrogens is 5. The van der Waals surface area contributed by atoms with Crippen molar-refractivity contribution < 1.29 is 0 Å². The molecule has 0 saturated carbocycles. The minimum absolute atomic E-state index is 0.273. The van der Waals surface area contributed by atoms with Crippen molar-refractivity contribution in [2.24, 2.45) is 7.05 Å². The molecule has 17 heavy (non-hydrogen) atoms. The van der Waals surface area contributed by atoms with Crippen molar-refractivity contribution >= 4 is 22.5 Å². The molecule has 0 radical (unpaired) electrons. The molecule has 0 amide bonds. The molecule has 0 atom stereocenters. The number of thiazole rings is 1. The average Bonchev–Trinajstić information content (AvgIpc) is 2.94. The third-order valence-corrected chi connectivity index (χ3v) is 3.02. The monoisotopic (exact) mass is 249 g/mol. The fraction of sp³-hybridized carbons (Fsp3) is 0.111. The van der Waals surface area contributed by atoms with Gasteiger partial charge < -0.3 is 4.98 Å². The van der Waals surface area contributed by atoms with Gasteiger partial charge in [-0.05, 0) is 0 Å². The molecular formula is C9H7N5O2S. The maximum Gasteiger partial charge on any atom is 0.329 e. The number of aryl methyl sites for hydroxylation is 1. The van der Waals surface area contributed by atoms with E-state index in [1.54, 1.807) is 12.6 Å². The minimum Gasteiger partial charge on any atom is -0.331 e. The highest BCUT2D eigenvalue weighted by atomic mass is 32.1. The zero-order chi connectivity index (χ0) is 12.0. The largest absolute Gasteiger partial charge is 0.331 e. The molecule has 0 saturated heterocycles. The summed E-state index contributed by atoms with van der Waals surface area (Å²) < 4.78 is 1.28. The molecule has 7 nitrogen and oxygen atoms in total. The summed E-state index contributed by atoms with van der Waals surface area (Å²) in [4.78, 5) is 36.3. The lowest BCUT2D eigenvalue weighted by Crippen LogP contribution is -2.28. The minimum atomic E-state index is -0.487. The van der Waals surface area contributed by atoms with E-state index in [1.165, 1.54) is 15.9 Å². The molecule has 0 aliphatic carbocycles. The first-order valence-corrected chi connectivity index (χ1v) is 5.68. The Labute approximate surface area is 97.8 Å². The van der Waals surface area contributed by atoms with Crippen molar-refractivity contribution in [2.45, 2.75) is 0 Å². The fourth-order valence-corrected chi connectivity index (χ4v) is 2.09. The second-order valence-electron chi connectivity index (χ2n) is 3.48. The van der Waals surface area contributed by atoms with E-state index >= 15 is 0 Å². The second kappa shape index (κ2) is 3.39. The van der Waals surface area contributed by atoms with E-state index in [2.05, 4.69) is 19.9 Å². The highest BCUT2D eigenvalue weighted by Crippen LogP contribution is 2.17. The highest BCUT2D eigenvalue weighted by Gasteiger charge is 2.12. The molecule has 0 spiro atoms. The number of hydrogen-bond acceptors (Lipinski definition) is 5.